The molecule has 0 unspecified atom stereocenters. The smallest absolute Gasteiger partial charge is 0.229 e. The normalized spacial score (nSPS) is 12.5. The van der Waals surface area contributed by atoms with Crippen molar-refractivity contribution >= 4 is 45.2 Å². The van der Waals surface area contributed by atoms with Gasteiger partial charge in [-0.15, -0.1) is 11.3 Å². The molecule has 0 saturated carbocycles. The molecule has 3 aromatic heterocycles. The standard InChI is InChI=1S/C13H15N7S2/c1-7(10-17-12(14)19-13(18-10)20(2)3)22-11-9-8(4-5-21-9)15-6-16-11/h4-7H,1-3H3,(H2,14,17,18,19)/t7-/m1/s1. The zero-order chi connectivity index (χ0) is 15.7. The van der Waals surface area contributed by atoms with Crippen LogP contribution >= 0.6 is 23.1 Å². The summed E-state index contributed by atoms with van der Waals surface area (Å²) in [6.07, 6.45) is 1.58. The van der Waals surface area contributed by atoms with E-state index in [1.807, 2.05) is 32.5 Å². The first kappa shape index (κ1) is 14.9. The molecular weight excluding hydrogens is 318 g/mol. The fourth-order valence-electron chi connectivity index (χ4n) is 1.85. The fraction of sp³-hybridized carbons (Fsp3) is 0.308. The molecule has 0 aliphatic heterocycles. The number of hydrogen-bond donors (Lipinski definition) is 1. The fourth-order valence-corrected chi connectivity index (χ4v) is 3.73. The summed E-state index contributed by atoms with van der Waals surface area (Å²) < 4.78 is 1.08. The quantitative estimate of drug-likeness (QED) is 0.574. The number of aromatic nitrogens is 5. The molecule has 7 nitrogen and oxygen atoms in total. The molecule has 0 aliphatic carbocycles. The van der Waals surface area contributed by atoms with Crippen LogP contribution in [0.5, 0.6) is 0 Å². The van der Waals surface area contributed by atoms with Crippen LogP contribution in [0, 0.1) is 0 Å². The van der Waals surface area contributed by atoms with E-state index < -0.39 is 0 Å². The first-order valence-electron chi connectivity index (χ1n) is 6.58. The van der Waals surface area contributed by atoms with Crippen molar-refractivity contribution in [2.24, 2.45) is 0 Å². The van der Waals surface area contributed by atoms with Gasteiger partial charge in [-0.2, -0.15) is 15.0 Å². The van der Waals surface area contributed by atoms with E-state index in [4.69, 9.17) is 5.73 Å². The first-order valence-corrected chi connectivity index (χ1v) is 8.34. The van der Waals surface area contributed by atoms with E-state index in [9.17, 15) is 0 Å². The molecule has 2 N–H and O–H groups in total. The maximum absolute atomic E-state index is 5.78. The molecule has 3 aromatic rings. The van der Waals surface area contributed by atoms with E-state index in [1.54, 1.807) is 34.3 Å². The Kier molecular flexibility index (Phi) is 4.08. The molecule has 1 atom stereocenters. The lowest BCUT2D eigenvalue weighted by Crippen LogP contribution is -2.16. The van der Waals surface area contributed by atoms with E-state index in [0.717, 1.165) is 15.2 Å². The second-order valence-electron chi connectivity index (χ2n) is 4.82. The molecule has 0 saturated heterocycles. The number of nitrogens with two attached hydrogens (primary N) is 1. The van der Waals surface area contributed by atoms with Crippen molar-refractivity contribution in [3.8, 4) is 0 Å². The summed E-state index contributed by atoms with van der Waals surface area (Å²) in [5, 5.41) is 2.95. The van der Waals surface area contributed by atoms with Gasteiger partial charge in [-0.25, -0.2) is 9.97 Å². The largest absolute Gasteiger partial charge is 0.368 e. The van der Waals surface area contributed by atoms with E-state index >= 15 is 0 Å². The zero-order valence-corrected chi connectivity index (χ0v) is 14.0. The third-order valence-corrected chi connectivity index (χ3v) is 5.06. The maximum Gasteiger partial charge on any atom is 0.229 e. The molecule has 3 rings (SSSR count). The maximum atomic E-state index is 5.78. The molecule has 3 heterocycles. The van der Waals surface area contributed by atoms with E-state index in [0.29, 0.717) is 11.8 Å². The Bertz CT molecular complexity index is 802. The van der Waals surface area contributed by atoms with Crippen LogP contribution in [0.25, 0.3) is 10.2 Å². The van der Waals surface area contributed by atoms with Gasteiger partial charge in [-0.1, -0.05) is 11.8 Å². The van der Waals surface area contributed by atoms with Gasteiger partial charge in [-0.05, 0) is 18.4 Å². The van der Waals surface area contributed by atoms with Gasteiger partial charge in [0.15, 0.2) is 0 Å². The lowest BCUT2D eigenvalue weighted by molar-refractivity contribution is 0.863. The number of fused-ring (bicyclic) bond motifs is 1. The Morgan fingerprint density at radius 2 is 2.05 bits per heavy atom. The van der Waals surface area contributed by atoms with Crippen molar-refractivity contribution in [1.29, 1.82) is 0 Å². The lowest BCUT2D eigenvalue weighted by Gasteiger charge is -2.14. The molecule has 0 aromatic carbocycles. The third-order valence-electron chi connectivity index (χ3n) is 2.92. The summed E-state index contributed by atoms with van der Waals surface area (Å²) in [5.74, 6) is 1.42. The van der Waals surface area contributed by atoms with Crippen LogP contribution in [-0.2, 0) is 0 Å². The van der Waals surface area contributed by atoms with Crippen LogP contribution in [0.3, 0.4) is 0 Å². The van der Waals surface area contributed by atoms with Crippen LogP contribution in [0.4, 0.5) is 11.9 Å². The summed E-state index contributed by atoms with van der Waals surface area (Å²) >= 11 is 3.22. The number of thiophene rings is 1. The molecule has 0 bridgehead atoms. The molecule has 0 fully saturated rings. The molecule has 9 heteroatoms. The van der Waals surface area contributed by atoms with Gasteiger partial charge < -0.3 is 10.6 Å². The Morgan fingerprint density at radius 1 is 1.23 bits per heavy atom. The van der Waals surface area contributed by atoms with Crippen LogP contribution in [0.2, 0.25) is 0 Å². The SMILES string of the molecule is C[C@@H](Sc1ncnc2ccsc12)c1nc(N)nc(N(C)C)n1. The highest BCUT2D eigenvalue weighted by Gasteiger charge is 2.17. The van der Waals surface area contributed by atoms with Gasteiger partial charge in [0.1, 0.15) is 17.2 Å². The average molecular weight is 333 g/mol. The second-order valence-corrected chi connectivity index (χ2v) is 7.07. The zero-order valence-electron chi connectivity index (χ0n) is 12.4. The van der Waals surface area contributed by atoms with Crippen molar-refractivity contribution in [2.75, 3.05) is 24.7 Å². The van der Waals surface area contributed by atoms with E-state index in [2.05, 4.69) is 24.9 Å². The number of thioether (sulfide) groups is 1. The van der Waals surface area contributed by atoms with Gasteiger partial charge in [0.05, 0.1) is 15.5 Å². The summed E-state index contributed by atoms with van der Waals surface area (Å²) in [7, 11) is 3.74. The summed E-state index contributed by atoms with van der Waals surface area (Å²) in [6, 6.07) is 1.99. The lowest BCUT2D eigenvalue weighted by atomic mass is 10.4. The minimum atomic E-state index is 0.00389. The van der Waals surface area contributed by atoms with Gasteiger partial charge in [0.25, 0.3) is 0 Å². The average Bonchev–Trinajstić information content (AvgIpc) is 2.96. The van der Waals surface area contributed by atoms with Gasteiger partial charge in [0.2, 0.25) is 11.9 Å². The Balaban J connectivity index is 1.91. The van der Waals surface area contributed by atoms with Crippen LogP contribution in [0.15, 0.2) is 22.8 Å². The molecule has 0 radical (unpaired) electrons. The Morgan fingerprint density at radius 3 is 2.82 bits per heavy atom. The Hall–Kier alpha value is -2.00. The molecule has 114 valence electrons. The molecule has 0 amide bonds. The van der Waals surface area contributed by atoms with E-state index in [1.165, 1.54) is 0 Å². The minimum absolute atomic E-state index is 0.00389. The van der Waals surface area contributed by atoms with Gasteiger partial charge >= 0.3 is 0 Å². The van der Waals surface area contributed by atoms with Gasteiger partial charge in [0, 0.05) is 14.1 Å². The molecular formula is C13H15N7S2. The predicted octanol–water partition coefficient (Wildman–Crippen LogP) is 2.38. The summed E-state index contributed by atoms with van der Waals surface area (Å²) in [6.45, 7) is 2.03. The van der Waals surface area contributed by atoms with E-state index in [-0.39, 0.29) is 11.2 Å². The second kappa shape index (κ2) is 6.01. The van der Waals surface area contributed by atoms with Crippen molar-refractivity contribution in [3.05, 3.63) is 23.6 Å². The molecule has 22 heavy (non-hydrogen) atoms. The Labute approximate surface area is 136 Å². The predicted molar refractivity (Wildman–Crippen MR) is 90.3 cm³/mol. The van der Waals surface area contributed by atoms with Crippen LogP contribution in [-0.4, -0.2) is 39.0 Å². The molecule has 0 aliphatic rings. The topological polar surface area (TPSA) is 93.7 Å². The van der Waals surface area contributed by atoms with Crippen molar-refractivity contribution in [1.82, 2.24) is 24.9 Å². The highest BCUT2D eigenvalue weighted by atomic mass is 32.2. The monoisotopic (exact) mass is 333 g/mol. The van der Waals surface area contributed by atoms with Crippen LogP contribution < -0.4 is 10.6 Å². The minimum Gasteiger partial charge on any atom is -0.368 e. The highest BCUT2D eigenvalue weighted by Crippen LogP contribution is 2.37. The molecule has 0 spiro atoms. The number of rotatable bonds is 4. The summed E-state index contributed by atoms with van der Waals surface area (Å²) in [5.41, 5.74) is 6.74. The van der Waals surface area contributed by atoms with Gasteiger partial charge in [-0.3, -0.25) is 0 Å². The first-order chi connectivity index (χ1) is 10.5. The number of nitrogen functional groups attached to an aromatic ring is 1. The third kappa shape index (κ3) is 2.95. The van der Waals surface area contributed by atoms with Crippen molar-refractivity contribution in [3.63, 3.8) is 0 Å². The van der Waals surface area contributed by atoms with Crippen LogP contribution in [0.1, 0.15) is 18.0 Å². The highest BCUT2D eigenvalue weighted by molar-refractivity contribution is 7.99. The number of anilines is 2. The number of hydrogen-bond acceptors (Lipinski definition) is 9. The number of nitrogens with zero attached hydrogens (tertiary/aromatic N) is 6. The summed E-state index contributed by atoms with van der Waals surface area (Å²) in [4.78, 5) is 23.3. The van der Waals surface area contributed by atoms with Crippen molar-refractivity contribution in [2.45, 2.75) is 17.2 Å². The van der Waals surface area contributed by atoms with Crippen molar-refractivity contribution < 1.29 is 0 Å².